The molecule has 144 valence electrons. The normalized spacial score (nSPS) is 14.1. The second-order valence-electron chi connectivity index (χ2n) is 6.07. The second kappa shape index (κ2) is 8.98. The molecule has 1 N–H and O–H groups in total. The smallest absolute Gasteiger partial charge is 0.233 e. The summed E-state index contributed by atoms with van der Waals surface area (Å²) in [5.41, 5.74) is 0.964. The van der Waals surface area contributed by atoms with Gasteiger partial charge in [0.15, 0.2) is 4.34 Å². The number of anilines is 3. The van der Waals surface area contributed by atoms with Crippen LogP contribution in [0.3, 0.4) is 0 Å². The van der Waals surface area contributed by atoms with Crippen LogP contribution in [0.15, 0.2) is 53.1 Å². The van der Waals surface area contributed by atoms with Gasteiger partial charge in [0, 0.05) is 44.3 Å². The summed E-state index contributed by atoms with van der Waals surface area (Å²) >= 11 is 2.87. The number of hydrogen-bond acceptors (Lipinski definition) is 9. The molecular formula is C18H19N7OS2. The van der Waals surface area contributed by atoms with Crippen molar-refractivity contribution in [2.24, 2.45) is 0 Å². The molecule has 1 amide bonds. The monoisotopic (exact) mass is 413 g/mol. The largest absolute Gasteiger partial charge is 0.338 e. The van der Waals surface area contributed by atoms with Crippen LogP contribution in [-0.2, 0) is 4.79 Å². The average Bonchev–Trinajstić information content (AvgIpc) is 3.21. The zero-order valence-electron chi connectivity index (χ0n) is 15.1. The summed E-state index contributed by atoms with van der Waals surface area (Å²) in [4.78, 5) is 25.0. The molecule has 0 aliphatic carbocycles. The molecule has 0 unspecified atom stereocenters. The Morgan fingerprint density at radius 2 is 1.79 bits per heavy atom. The number of piperazine rings is 1. The summed E-state index contributed by atoms with van der Waals surface area (Å²) in [5.74, 6) is 1.20. The van der Waals surface area contributed by atoms with E-state index in [1.165, 1.54) is 23.1 Å². The van der Waals surface area contributed by atoms with Crippen LogP contribution in [0.5, 0.6) is 0 Å². The lowest BCUT2D eigenvalue weighted by Gasteiger charge is -2.34. The van der Waals surface area contributed by atoms with Crippen molar-refractivity contribution in [1.82, 2.24) is 25.1 Å². The van der Waals surface area contributed by atoms with Crippen molar-refractivity contribution in [3.8, 4) is 0 Å². The van der Waals surface area contributed by atoms with Crippen LogP contribution in [0, 0.1) is 0 Å². The molecule has 10 heteroatoms. The molecule has 1 aliphatic heterocycles. The van der Waals surface area contributed by atoms with Crippen molar-refractivity contribution in [2.75, 3.05) is 42.1 Å². The second-order valence-corrected chi connectivity index (χ2v) is 8.27. The van der Waals surface area contributed by atoms with Crippen molar-refractivity contribution in [2.45, 2.75) is 4.34 Å². The van der Waals surface area contributed by atoms with Crippen molar-refractivity contribution >= 4 is 45.8 Å². The van der Waals surface area contributed by atoms with E-state index in [-0.39, 0.29) is 5.91 Å². The molecule has 3 heterocycles. The van der Waals surface area contributed by atoms with Crippen LogP contribution in [0.4, 0.5) is 16.8 Å². The minimum atomic E-state index is 0.117. The topological polar surface area (TPSA) is 87.1 Å². The van der Waals surface area contributed by atoms with Gasteiger partial charge in [0.2, 0.25) is 17.0 Å². The predicted octanol–water partition coefficient (Wildman–Crippen LogP) is 2.51. The predicted molar refractivity (Wildman–Crippen MR) is 111 cm³/mol. The molecule has 28 heavy (non-hydrogen) atoms. The first kappa shape index (κ1) is 18.6. The van der Waals surface area contributed by atoms with Crippen molar-refractivity contribution < 1.29 is 4.79 Å². The number of benzene rings is 1. The highest BCUT2D eigenvalue weighted by atomic mass is 32.2. The molecule has 0 bridgehead atoms. The summed E-state index contributed by atoms with van der Waals surface area (Å²) in [6, 6.07) is 11.6. The molecule has 1 saturated heterocycles. The fourth-order valence-corrected chi connectivity index (χ4v) is 4.46. The molecule has 0 saturated carbocycles. The Morgan fingerprint density at radius 3 is 2.54 bits per heavy atom. The minimum Gasteiger partial charge on any atom is -0.338 e. The Labute approximate surface area is 171 Å². The lowest BCUT2D eigenvalue weighted by atomic mass is 10.3. The minimum absolute atomic E-state index is 0.117. The van der Waals surface area contributed by atoms with Gasteiger partial charge < -0.3 is 15.1 Å². The first-order valence-electron chi connectivity index (χ1n) is 8.86. The van der Waals surface area contributed by atoms with E-state index in [9.17, 15) is 4.79 Å². The van der Waals surface area contributed by atoms with E-state index in [0.29, 0.717) is 18.8 Å². The summed E-state index contributed by atoms with van der Waals surface area (Å²) < 4.78 is 0.781. The number of nitrogens with zero attached hydrogens (tertiary/aromatic N) is 6. The van der Waals surface area contributed by atoms with Crippen molar-refractivity contribution in [3.05, 3.63) is 48.8 Å². The lowest BCUT2D eigenvalue weighted by molar-refractivity contribution is -0.128. The Hall–Kier alpha value is -2.72. The number of thioether (sulfide) groups is 1. The van der Waals surface area contributed by atoms with E-state index in [1.807, 2.05) is 35.2 Å². The van der Waals surface area contributed by atoms with Gasteiger partial charge in [-0.1, -0.05) is 41.3 Å². The number of para-hydroxylation sites is 1. The van der Waals surface area contributed by atoms with Gasteiger partial charge in [0.05, 0.1) is 5.75 Å². The first-order chi connectivity index (χ1) is 13.8. The SMILES string of the molecule is O=C(CSc1nnc(Nc2ccccc2)s1)N1CCN(c2ncccn2)CC1. The third-order valence-electron chi connectivity index (χ3n) is 4.22. The van der Waals surface area contributed by atoms with Crippen LogP contribution in [0.25, 0.3) is 0 Å². The molecule has 0 atom stereocenters. The van der Waals surface area contributed by atoms with Crippen LogP contribution in [0.1, 0.15) is 0 Å². The van der Waals surface area contributed by atoms with E-state index < -0.39 is 0 Å². The van der Waals surface area contributed by atoms with Gasteiger partial charge in [-0.25, -0.2) is 9.97 Å². The molecule has 1 aromatic carbocycles. The number of hydrogen-bond donors (Lipinski definition) is 1. The number of carbonyl (C=O) groups excluding carboxylic acids is 1. The zero-order valence-corrected chi connectivity index (χ0v) is 16.7. The summed E-state index contributed by atoms with van der Waals surface area (Å²) in [6.07, 6.45) is 3.47. The van der Waals surface area contributed by atoms with E-state index in [2.05, 4.69) is 30.4 Å². The van der Waals surface area contributed by atoms with E-state index in [4.69, 9.17) is 0 Å². The van der Waals surface area contributed by atoms with E-state index >= 15 is 0 Å². The molecule has 1 fully saturated rings. The summed E-state index contributed by atoms with van der Waals surface area (Å²) in [6.45, 7) is 2.83. The highest BCUT2D eigenvalue weighted by Gasteiger charge is 2.22. The Bertz CT molecular complexity index is 899. The number of rotatable bonds is 6. The van der Waals surface area contributed by atoms with Crippen LogP contribution >= 0.6 is 23.1 Å². The molecule has 0 spiro atoms. The van der Waals surface area contributed by atoms with Gasteiger partial charge in [-0.3, -0.25) is 4.79 Å². The summed E-state index contributed by atoms with van der Waals surface area (Å²) in [7, 11) is 0. The Kier molecular flexibility index (Phi) is 5.98. The van der Waals surface area contributed by atoms with Gasteiger partial charge in [-0.2, -0.15) is 0 Å². The molecule has 0 radical (unpaired) electrons. The third-order valence-corrected chi connectivity index (χ3v) is 6.17. The van der Waals surface area contributed by atoms with Gasteiger partial charge >= 0.3 is 0 Å². The molecule has 4 rings (SSSR count). The zero-order chi connectivity index (χ0) is 19.2. The van der Waals surface area contributed by atoms with Crippen molar-refractivity contribution in [1.29, 1.82) is 0 Å². The number of carbonyl (C=O) groups is 1. The first-order valence-corrected chi connectivity index (χ1v) is 10.7. The number of nitrogens with one attached hydrogen (secondary N) is 1. The van der Waals surface area contributed by atoms with Gasteiger partial charge in [0.25, 0.3) is 0 Å². The maximum absolute atomic E-state index is 12.5. The van der Waals surface area contributed by atoms with Crippen molar-refractivity contribution in [3.63, 3.8) is 0 Å². The van der Waals surface area contributed by atoms with Crippen LogP contribution < -0.4 is 10.2 Å². The molecule has 8 nitrogen and oxygen atoms in total. The highest BCUT2D eigenvalue weighted by Crippen LogP contribution is 2.27. The molecular weight excluding hydrogens is 394 g/mol. The quantitative estimate of drug-likeness (QED) is 0.617. The van der Waals surface area contributed by atoms with Gasteiger partial charge in [-0.05, 0) is 18.2 Å². The van der Waals surface area contributed by atoms with E-state index in [0.717, 1.165) is 34.2 Å². The maximum atomic E-state index is 12.5. The Morgan fingerprint density at radius 1 is 1.04 bits per heavy atom. The number of aromatic nitrogens is 4. The standard InChI is InChI=1S/C18H19N7OS2/c26-15(24-9-11-25(12-10-24)16-19-7-4-8-20-16)13-27-18-23-22-17(28-18)21-14-5-2-1-3-6-14/h1-8H,9-13H2,(H,21,22). The maximum Gasteiger partial charge on any atom is 0.233 e. The molecule has 1 aliphatic rings. The molecule has 3 aromatic rings. The van der Waals surface area contributed by atoms with Gasteiger partial charge in [0.1, 0.15) is 0 Å². The lowest BCUT2D eigenvalue weighted by Crippen LogP contribution is -2.49. The summed E-state index contributed by atoms with van der Waals surface area (Å²) in [5, 5.41) is 12.2. The van der Waals surface area contributed by atoms with E-state index in [1.54, 1.807) is 18.5 Å². The third kappa shape index (κ3) is 4.76. The van der Waals surface area contributed by atoms with Crippen LogP contribution in [0.2, 0.25) is 0 Å². The van der Waals surface area contributed by atoms with Crippen LogP contribution in [-0.4, -0.2) is 62.9 Å². The average molecular weight is 414 g/mol. The highest BCUT2D eigenvalue weighted by molar-refractivity contribution is 8.01. The fourth-order valence-electron chi connectivity index (χ4n) is 2.79. The molecule has 2 aromatic heterocycles. The number of amides is 1. The Balaban J connectivity index is 1.24. The fraction of sp³-hybridized carbons (Fsp3) is 0.278. The van der Waals surface area contributed by atoms with Gasteiger partial charge in [-0.15, -0.1) is 10.2 Å².